The fourth-order valence-corrected chi connectivity index (χ4v) is 2.36. The molecule has 0 radical (unpaired) electrons. The summed E-state index contributed by atoms with van der Waals surface area (Å²) in [5, 5.41) is 2.78. The molecule has 2 aromatic heterocycles. The molecule has 0 aliphatic carbocycles. The van der Waals surface area contributed by atoms with E-state index in [-0.39, 0.29) is 22.2 Å². The van der Waals surface area contributed by atoms with Crippen molar-refractivity contribution >= 4 is 46.3 Å². The van der Waals surface area contributed by atoms with Crippen molar-refractivity contribution in [1.82, 2.24) is 9.97 Å². The summed E-state index contributed by atoms with van der Waals surface area (Å²) in [4.78, 5) is 21.0. The van der Waals surface area contributed by atoms with Crippen LogP contribution in [-0.2, 0) is 0 Å². The molecule has 7 heteroatoms. The Hall–Kier alpha value is -1.17. The van der Waals surface area contributed by atoms with Gasteiger partial charge in [0.05, 0.1) is 4.88 Å². The minimum absolute atomic E-state index is 0.00448. The number of rotatable bonds is 2. The molecule has 4 nitrogen and oxygen atoms in total. The lowest BCUT2D eigenvalue weighted by molar-refractivity contribution is 0.103. The van der Waals surface area contributed by atoms with Crippen LogP contribution in [0.1, 0.15) is 14.5 Å². The third-order valence-electron chi connectivity index (χ3n) is 1.87. The molecule has 2 rings (SSSR count). The van der Waals surface area contributed by atoms with Crippen molar-refractivity contribution in [2.24, 2.45) is 0 Å². The number of thiophene rings is 1. The molecule has 0 spiro atoms. The van der Waals surface area contributed by atoms with E-state index in [0.29, 0.717) is 4.88 Å². The molecule has 0 saturated carbocycles. The second-order valence-corrected chi connectivity index (χ2v) is 5.22. The van der Waals surface area contributed by atoms with Gasteiger partial charge in [0.2, 0.25) is 5.28 Å². The van der Waals surface area contributed by atoms with Gasteiger partial charge >= 0.3 is 0 Å². The quantitative estimate of drug-likeness (QED) is 0.680. The number of halogens is 2. The second-order valence-electron chi connectivity index (χ2n) is 3.21. The molecule has 17 heavy (non-hydrogen) atoms. The SMILES string of the molecule is Cc1ccc(C(=O)Nc2cc(Cl)nc(Cl)n2)s1. The van der Waals surface area contributed by atoms with E-state index in [1.165, 1.54) is 17.4 Å². The van der Waals surface area contributed by atoms with Crippen LogP contribution in [0.4, 0.5) is 5.82 Å². The van der Waals surface area contributed by atoms with E-state index in [4.69, 9.17) is 23.2 Å². The van der Waals surface area contributed by atoms with Gasteiger partial charge in [-0.15, -0.1) is 11.3 Å². The number of carbonyl (C=O) groups excluding carboxylic acids is 1. The second kappa shape index (κ2) is 5.00. The highest BCUT2D eigenvalue weighted by atomic mass is 35.5. The van der Waals surface area contributed by atoms with Crippen LogP contribution in [0, 0.1) is 6.92 Å². The summed E-state index contributed by atoms with van der Waals surface area (Å²) in [6.45, 7) is 1.93. The van der Waals surface area contributed by atoms with Crippen molar-refractivity contribution in [3.8, 4) is 0 Å². The Morgan fingerprint density at radius 2 is 2.12 bits per heavy atom. The molecule has 0 aliphatic heterocycles. The summed E-state index contributed by atoms with van der Waals surface area (Å²) in [5.41, 5.74) is 0. The molecule has 1 amide bonds. The first kappa shape index (κ1) is 12.3. The Kier molecular flexibility index (Phi) is 3.61. The van der Waals surface area contributed by atoms with E-state index in [1.807, 2.05) is 13.0 Å². The number of aromatic nitrogens is 2. The van der Waals surface area contributed by atoms with Crippen molar-refractivity contribution in [3.63, 3.8) is 0 Å². The van der Waals surface area contributed by atoms with Gasteiger partial charge in [0, 0.05) is 10.9 Å². The van der Waals surface area contributed by atoms with Gasteiger partial charge in [-0.2, -0.15) is 0 Å². The summed E-state index contributed by atoms with van der Waals surface area (Å²) in [7, 11) is 0. The van der Waals surface area contributed by atoms with Crippen LogP contribution >= 0.6 is 34.5 Å². The third-order valence-corrected chi connectivity index (χ3v) is 3.24. The van der Waals surface area contributed by atoms with Crippen molar-refractivity contribution in [2.45, 2.75) is 6.92 Å². The average Bonchev–Trinajstić information content (AvgIpc) is 2.63. The van der Waals surface area contributed by atoms with E-state index in [1.54, 1.807) is 6.07 Å². The van der Waals surface area contributed by atoms with E-state index in [0.717, 1.165) is 4.88 Å². The number of anilines is 1. The molecule has 88 valence electrons. The Labute approximate surface area is 112 Å². The number of nitrogens with zero attached hydrogens (tertiary/aromatic N) is 2. The minimum atomic E-state index is -0.242. The van der Waals surface area contributed by atoms with Gasteiger partial charge in [-0.25, -0.2) is 9.97 Å². The van der Waals surface area contributed by atoms with Gasteiger partial charge in [-0.3, -0.25) is 4.79 Å². The molecule has 0 fully saturated rings. The molecule has 0 aromatic carbocycles. The first-order valence-corrected chi connectivity index (χ1v) is 6.20. The Bertz CT molecular complexity index is 550. The zero-order valence-corrected chi connectivity index (χ0v) is 11.0. The lowest BCUT2D eigenvalue weighted by atomic mass is 10.4. The molecule has 0 atom stereocenters. The van der Waals surface area contributed by atoms with Crippen LogP contribution < -0.4 is 5.32 Å². The largest absolute Gasteiger partial charge is 0.306 e. The first-order valence-electron chi connectivity index (χ1n) is 4.62. The van der Waals surface area contributed by atoms with Gasteiger partial charge in [-0.1, -0.05) is 11.6 Å². The number of carbonyl (C=O) groups is 1. The number of amides is 1. The van der Waals surface area contributed by atoms with E-state index >= 15 is 0 Å². The summed E-state index contributed by atoms with van der Waals surface area (Å²) >= 11 is 12.7. The topological polar surface area (TPSA) is 54.9 Å². The zero-order valence-electron chi connectivity index (χ0n) is 8.70. The van der Waals surface area contributed by atoms with E-state index in [9.17, 15) is 4.79 Å². The van der Waals surface area contributed by atoms with Gasteiger partial charge in [-0.05, 0) is 30.7 Å². The first-order chi connectivity index (χ1) is 8.04. The lowest BCUT2D eigenvalue weighted by Gasteiger charge is -2.02. The summed E-state index contributed by atoms with van der Waals surface area (Å²) < 4.78 is 0. The Morgan fingerprint density at radius 1 is 1.35 bits per heavy atom. The van der Waals surface area contributed by atoms with Gasteiger partial charge < -0.3 is 5.32 Å². The summed E-state index contributed by atoms with van der Waals surface area (Å²) in [6, 6.07) is 5.06. The monoisotopic (exact) mass is 287 g/mol. The summed E-state index contributed by atoms with van der Waals surface area (Å²) in [6.07, 6.45) is 0. The normalized spacial score (nSPS) is 10.3. The summed E-state index contributed by atoms with van der Waals surface area (Å²) in [5.74, 6) is 0.0417. The highest BCUT2D eigenvalue weighted by Crippen LogP contribution is 2.18. The predicted molar refractivity (Wildman–Crippen MR) is 69.1 cm³/mol. The molecule has 0 saturated heterocycles. The molecule has 2 heterocycles. The van der Waals surface area contributed by atoms with Crippen LogP contribution in [0.5, 0.6) is 0 Å². The van der Waals surface area contributed by atoms with Crippen molar-refractivity contribution < 1.29 is 4.79 Å². The van der Waals surface area contributed by atoms with Gasteiger partial charge in [0.15, 0.2) is 0 Å². The zero-order chi connectivity index (χ0) is 12.4. The number of aryl methyl sites for hydroxylation is 1. The maximum Gasteiger partial charge on any atom is 0.266 e. The highest BCUT2D eigenvalue weighted by molar-refractivity contribution is 7.14. The van der Waals surface area contributed by atoms with Crippen LogP contribution in [-0.4, -0.2) is 15.9 Å². The number of hydrogen-bond donors (Lipinski definition) is 1. The molecule has 2 aromatic rings. The number of hydrogen-bond acceptors (Lipinski definition) is 4. The molecular formula is C10H7Cl2N3OS. The molecule has 1 N–H and O–H groups in total. The average molecular weight is 288 g/mol. The maximum atomic E-state index is 11.8. The fourth-order valence-electron chi connectivity index (χ4n) is 1.19. The predicted octanol–water partition coefficient (Wildman–Crippen LogP) is 3.41. The molecule has 0 aliphatic rings. The van der Waals surface area contributed by atoms with Crippen molar-refractivity contribution in [1.29, 1.82) is 0 Å². The van der Waals surface area contributed by atoms with Crippen molar-refractivity contribution in [3.05, 3.63) is 38.4 Å². The Morgan fingerprint density at radius 3 is 2.71 bits per heavy atom. The van der Waals surface area contributed by atoms with Crippen LogP contribution in [0.25, 0.3) is 0 Å². The minimum Gasteiger partial charge on any atom is -0.306 e. The lowest BCUT2D eigenvalue weighted by Crippen LogP contribution is -2.11. The molecule has 0 unspecified atom stereocenters. The third kappa shape index (κ3) is 3.15. The van der Waals surface area contributed by atoms with Crippen LogP contribution in [0.3, 0.4) is 0 Å². The van der Waals surface area contributed by atoms with E-state index < -0.39 is 0 Å². The highest BCUT2D eigenvalue weighted by Gasteiger charge is 2.10. The van der Waals surface area contributed by atoms with Gasteiger partial charge in [0.25, 0.3) is 5.91 Å². The van der Waals surface area contributed by atoms with Crippen molar-refractivity contribution in [2.75, 3.05) is 5.32 Å². The van der Waals surface area contributed by atoms with Gasteiger partial charge in [0.1, 0.15) is 11.0 Å². The molecule has 0 bridgehead atoms. The Balaban J connectivity index is 2.18. The number of nitrogens with one attached hydrogen (secondary N) is 1. The maximum absolute atomic E-state index is 11.8. The standard InChI is InChI=1S/C10H7Cl2N3OS/c1-5-2-3-6(17-5)9(16)14-8-4-7(11)13-10(12)15-8/h2-4H,1H3,(H,13,14,15,16). The molecular weight excluding hydrogens is 281 g/mol. The van der Waals surface area contributed by atoms with Crippen LogP contribution in [0.2, 0.25) is 10.4 Å². The fraction of sp³-hybridized carbons (Fsp3) is 0.100. The van der Waals surface area contributed by atoms with E-state index in [2.05, 4.69) is 15.3 Å². The smallest absolute Gasteiger partial charge is 0.266 e. The van der Waals surface area contributed by atoms with Crippen LogP contribution in [0.15, 0.2) is 18.2 Å².